The largest absolute Gasteiger partial charge is 0.378 e. The Morgan fingerprint density at radius 3 is 2.66 bits per heavy atom. The van der Waals surface area contributed by atoms with E-state index in [4.69, 9.17) is 10.5 Å². The average Bonchev–Trinajstić information content (AvgIpc) is 2.75. The highest BCUT2D eigenvalue weighted by Crippen LogP contribution is 2.23. The molecule has 29 heavy (non-hydrogen) atoms. The summed E-state index contributed by atoms with van der Waals surface area (Å²) < 4.78 is 5.41. The summed E-state index contributed by atoms with van der Waals surface area (Å²) >= 11 is 0. The molecule has 1 amide bonds. The van der Waals surface area contributed by atoms with Gasteiger partial charge in [0.1, 0.15) is 5.82 Å². The zero-order chi connectivity index (χ0) is 20.1. The Bertz CT molecular complexity index is 985. The molecule has 0 spiro atoms. The van der Waals surface area contributed by atoms with Crippen LogP contribution < -0.4 is 16.0 Å². The van der Waals surface area contributed by atoms with Gasteiger partial charge in [-0.3, -0.25) is 9.78 Å². The maximum absolute atomic E-state index is 11.2. The maximum Gasteiger partial charge on any atom is 0.221 e. The first kappa shape index (κ1) is 18.9. The molecule has 4 rings (SSSR count). The SMILES string of the molecule is NC(=O)Cc1cccc(-c2cncc(Nc3ccc(N4CCOCC4)cc3)n2)c1. The standard InChI is InChI=1S/C22H23N5O2/c23-21(28)13-16-2-1-3-17(12-16)20-14-24-15-22(26-20)25-18-4-6-19(7-5-18)27-8-10-29-11-9-27/h1-7,12,14-15H,8-11,13H2,(H2,23,28)(H,25,26). The highest BCUT2D eigenvalue weighted by molar-refractivity contribution is 5.77. The number of aromatic nitrogens is 2. The third-order valence-corrected chi connectivity index (χ3v) is 4.75. The number of ether oxygens (including phenoxy) is 1. The number of nitrogens with zero attached hydrogens (tertiary/aromatic N) is 3. The van der Waals surface area contributed by atoms with Crippen molar-refractivity contribution in [3.63, 3.8) is 0 Å². The van der Waals surface area contributed by atoms with Gasteiger partial charge in [-0.05, 0) is 35.9 Å². The molecular formula is C22H23N5O2. The summed E-state index contributed by atoms with van der Waals surface area (Å²) in [5.41, 5.74) is 9.90. The molecule has 7 nitrogen and oxygen atoms in total. The molecule has 3 aromatic rings. The zero-order valence-electron chi connectivity index (χ0n) is 16.0. The fourth-order valence-electron chi connectivity index (χ4n) is 3.33. The van der Waals surface area contributed by atoms with Crippen LogP contribution in [0, 0.1) is 0 Å². The van der Waals surface area contributed by atoms with Crippen molar-refractivity contribution in [2.24, 2.45) is 5.73 Å². The van der Waals surface area contributed by atoms with Gasteiger partial charge in [-0.1, -0.05) is 18.2 Å². The Balaban J connectivity index is 1.48. The predicted octanol–water partition coefficient (Wildman–Crippen LogP) is 2.75. The Labute approximate surface area is 169 Å². The molecule has 1 aliphatic heterocycles. The van der Waals surface area contributed by atoms with Gasteiger partial charge in [0.15, 0.2) is 0 Å². The molecule has 1 fully saturated rings. The molecule has 7 heteroatoms. The minimum absolute atomic E-state index is 0.203. The second kappa shape index (κ2) is 8.70. The smallest absolute Gasteiger partial charge is 0.221 e. The molecule has 1 aromatic heterocycles. The van der Waals surface area contributed by atoms with Crippen LogP contribution in [0.3, 0.4) is 0 Å². The Hall–Kier alpha value is -3.45. The highest BCUT2D eigenvalue weighted by atomic mass is 16.5. The molecule has 148 valence electrons. The molecule has 2 heterocycles. The number of morpholine rings is 1. The number of hydrogen-bond acceptors (Lipinski definition) is 6. The number of anilines is 3. The summed E-state index contributed by atoms with van der Waals surface area (Å²) in [4.78, 5) is 22.4. The lowest BCUT2D eigenvalue weighted by atomic mass is 10.1. The number of nitrogens with one attached hydrogen (secondary N) is 1. The first-order chi connectivity index (χ1) is 14.2. The highest BCUT2D eigenvalue weighted by Gasteiger charge is 2.11. The normalized spacial score (nSPS) is 13.9. The van der Waals surface area contributed by atoms with Crippen LogP contribution in [-0.4, -0.2) is 42.2 Å². The Morgan fingerprint density at radius 1 is 1.10 bits per heavy atom. The van der Waals surface area contributed by atoms with Crippen molar-refractivity contribution in [2.75, 3.05) is 36.5 Å². The summed E-state index contributed by atoms with van der Waals surface area (Å²) in [5.74, 6) is 0.297. The lowest BCUT2D eigenvalue weighted by molar-refractivity contribution is -0.117. The molecule has 3 N–H and O–H groups in total. The molecule has 1 aliphatic rings. The predicted molar refractivity (Wildman–Crippen MR) is 113 cm³/mol. The van der Waals surface area contributed by atoms with Gasteiger partial charge >= 0.3 is 0 Å². The van der Waals surface area contributed by atoms with Crippen molar-refractivity contribution < 1.29 is 9.53 Å². The van der Waals surface area contributed by atoms with Crippen molar-refractivity contribution in [3.05, 3.63) is 66.5 Å². The van der Waals surface area contributed by atoms with E-state index in [-0.39, 0.29) is 12.3 Å². The average molecular weight is 389 g/mol. The van der Waals surface area contributed by atoms with Crippen LogP contribution in [0.4, 0.5) is 17.2 Å². The van der Waals surface area contributed by atoms with Crippen molar-refractivity contribution in [2.45, 2.75) is 6.42 Å². The quantitative estimate of drug-likeness (QED) is 0.673. The van der Waals surface area contributed by atoms with Gasteiger partial charge in [-0.2, -0.15) is 0 Å². The zero-order valence-corrected chi connectivity index (χ0v) is 16.0. The minimum Gasteiger partial charge on any atom is -0.378 e. The van der Waals surface area contributed by atoms with E-state index >= 15 is 0 Å². The van der Waals surface area contributed by atoms with E-state index in [1.807, 2.05) is 36.4 Å². The van der Waals surface area contributed by atoms with Gasteiger partial charge in [-0.15, -0.1) is 0 Å². The van der Waals surface area contributed by atoms with Crippen LogP contribution in [0.5, 0.6) is 0 Å². The second-order valence-corrected chi connectivity index (χ2v) is 6.90. The molecule has 0 aliphatic carbocycles. The molecule has 0 atom stereocenters. The summed E-state index contributed by atoms with van der Waals surface area (Å²) in [5, 5.41) is 3.30. The first-order valence-corrected chi connectivity index (χ1v) is 9.57. The lowest BCUT2D eigenvalue weighted by Gasteiger charge is -2.28. The van der Waals surface area contributed by atoms with E-state index in [1.165, 1.54) is 5.69 Å². The fraction of sp³-hybridized carbons (Fsp3) is 0.227. The topological polar surface area (TPSA) is 93.4 Å². The number of rotatable bonds is 6. The van der Waals surface area contributed by atoms with E-state index in [9.17, 15) is 4.79 Å². The summed E-state index contributed by atoms with van der Waals surface area (Å²) in [7, 11) is 0. The minimum atomic E-state index is -0.357. The molecule has 2 aromatic carbocycles. The molecular weight excluding hydrogens is 366 g/mol. The first-order valence-electron chi connectivity index (χ1n) is 9.57. The van der Waals surface area contributed by atoms with Gasteiger partial charge in [-0.25, -0.2) is 4.98 Å². The molecule has 1 saturated heterocycles. The Kier molecular flexibility index (Phi) is 5.67. The van der Waals surface area contributed by atoms with E-state index < -0.39 is 0 Å². The second-order valence-electron chi connectivity index (χ2n) is 6.90. The van der Waals surface area contributed by atoms with Gasteiger partial charge in [0.25, 0.3) is 0 Å². The van der Waals surface area contributed by atoms with Crippen LogP contribution in [0.25, 0.3) is 11.3 Å². The number of carbonyl (C=O) groups excluding carboxylic acids is 1. The number of hydrogen-bond donors (Lipinski definition) is 2. The number of amides is 1. The van der Waals surface area contributed by atoms with Crippen LogP contribution in [0.1, 0.15) is 5.56 Å². The fourth-order valence-corrected chi connectivity index (χ4v) is 3.33. The van der Waals surface area contributed by atoms with Crippen LogP contribution in [0.2, 0.25) is 0 Å². The van der Waals surface area contributed by atoms with Crippen molar-refractivity contribution in [1.82, 2.24) is 9.97 Å². The van der Waals surface area contributed by atoms with Crippen molar-refractivity contribution in [3.8, 4) is 11.3 Å². The Morgan fingerprint density at radius 2 is 1.90 bits per heavy atom. The van der Waals surface area contributed by atoms with Crippen LogP contribution in [-0.2, 0) is 16.0 Å². The van der Waals surface area contributed by atoms with Crippen molar-refractivity contribution in [1.29, 1.82) is 0 Å². The molecule has 0 radical (unpaired) electrons. The van der Waals surface area contributed by atoms with Crippen LogP contribution >= 0.6 is 0 Å². The van der Waals surface area contributed by atoms with E-state index in [1.54, 1.807) is 12.4 Å². The van der Waals surface area contributed by atoms with Crippen LogP contribution in [0.15, 0.2) is 60.9 Å². The van der Waals surface area contributed by atoms with Crippen molar-refractivity contribution >= 4 is 23.1 Å². The third kappa shape index (κ3) is 4.89. The van der Waals surface area contributed by atoms with Gasteiger partial charge in [0.05, 0.1) is 37.7 Å². The van der Waals surface area contributed by atoms with Gasteiger partial charge in [0, 0.05) is 30.0 Å². The van der Waals surface area contributed by atoms with Gasteiger partial charge < -0.3 is 20.7 Å². The summed E-state index contributed by atoms with van der Waals surface area (Å²) in [6.45, 7) is 3.36. The number of carbonyl (C=O) groups is 1. The number of benzene rings is 2. The molecule has 0 bridgehead atoms. The molecule has 0 unspecified atom stereocenters. The lowest BCUT2D eigenvalue weighted by Crippen LogP contribution is -2.36. The third-order valence-electron chi connectivity index (χ3n) is 4.75. The number of nitrogens with two attached hydrogens (primary N) is 1. The monoisotopic (exact) mass is 389 g/mol. The number of primary amides is 1. The summed E-state index contributed by atoms with van der Waals surface area (Å²) in [6.07, 6.45) is 3.59. The van der Waals surface area contributed by atoms with Gasteiger partial charge in [0.2, 0.25) is 5.91 Å². The molecule has 0 saturated carbocycles. The summed E-state index contributed by atoms with van der Waals surface area (Å²) in [6, 6.07) is 15.9. The van der Waals surface area contributed by atoms with E-state index in [2.05, 4.69) is 32.3 Å². The van der Waals surface area contributed by atoms with E-state index in [0.29, 0.717) is 5.82 Å². The maximum atomic E-state index is 11.2. The van der Waals surface area contributed by atoms with E-state index in [0.717, 1.165) is 48.8 Å².